The van der Waals surface area contributed by atoms with Crippen LogP contribution in [0, 0.1) is 30.9 Å². The number of amides is 1. The molecule has 0 spiro atoms. The van der Waals surface area contributed by atoms with E-state index in [0.717, 1.165) is 22.6 Å². The fraction of sp³-hybridized carbons (Fsp3) is 0.200. The fourth-order valence-corrected chi connectivity index (χ4v) is 2.97. The van der Waals surface area contributed by atoms with Crippen LogP contribution in [0.4, 0.5) is 5.69 Å². The van der Waals surface area contributed by atoms with E-state index in [4.69, 9.17) is 0 Å². The number of aromatic nitrogens is 2. The van der Waals surface area contributed by atoms with Crippen LogP contribution in [0.15, 0.2) is 48.5 Å². The Morgan fingerprint density at radius 1 is 1.15 bits per heavy atom. The van der Waals surface area contributed by atoms with Crippen molar-refractivity contribution in [2.24, 2.45) is 0 Å². The van der Waals surface area contributed by atoms with E-state index in [-0.39, 0.29) is 17.2 Å². The molecule has 0 atom stereocenters. The predicted molar refractivity (Wildman–Crippen MR) is 102 cm³/mol. The molecule has 0 unspecified atom stereocenters. The zero-order valence-corrected chi connectivity index (χ0v) is 15.4. The highest BCUT2D eigenvalue weighted by atomic mass is 16.6. The molecule has 0 aliphatic carbocycles. The minimum atomic E-state index is -0.482. The third kappa shape index (κ3) is 3.72. The molecule has 1 aromatic heterocycles. The van der Waals surface area contributed by atoms with Crippen LogP contribution in [0.2, 0.25) is 0 Å². The molecule has 1 amide bonds. The lowest BCUT2D eigenvalue weighted by molar-refractivity contribution is -0.385. The number of hydrogen-bond donors (Lipinski definition) is 1. The number of benzene rings is 2. The largest absolute Gasteiger partial charge is 0.348 e. The first-order valence-electron chi connectivity index (χ1n) is 8.52. The second-order valence-electron chi connectivity index (χ2n) is 6.34. The van der Waals surface area contributed by atoms with Crippen LogP contribution < -0.4 is 5.32 Å². The summed E-state index contributed by atoms with van der Waals surface area (Å²) in [6.07, 6.45) is 0. The number of carbonyl (C=O) groups excluding carboxylic acids is 1. The van der Waals surface area contributed by atoms with Gasteiger partial charge in [0.05, 0.1) is 16.3 Å². The standard InChI is InChI=1S/C20H20N4O3/c1-13-9-10-16(11-19(13)24(26)27)20(25)21-12-18-14(2)22-23(15(18)3)17-7-5-4-6-8-17/h4-11H,12H2,1-3H3,(H,21,25). The molecule has 7 nitrogen and oxygen atoms in total. The highest BCUT2D eigenvalue weighted by Gasteiger charge is 2.17. The van der Waals surface area contributed by atoms with Gasteiger partial charge in [0.2, 0.25) is 0 Å². The first-order valence-corrected chi connectivity index (χ1v) is 8.52. The summed E-state index contributed by atoms with van der Waals surface area (Å²) in [6.45, 7) is 5.78. The lowest BCUT2D eigenvalue weighted by Crippen LogP contribution is -2.23. The van der Waals surface area contributed by atoms with E-state index in [9.17, 15) is 14.9 Å². The second-order valence-corrected chi connectivity index (χ2v) is 6.34. The number of carbonyl (C=O) groups is 1. The van der Waals surface area contributed by atoms with E-state index in [1.807, 2.05) is 48.9 Å². The maximum Gasteiger partial charge on any atom is 0.273 e. The summed E-state index contributed by atoms with van der Waals surface area (Å²) in [5.41, 5.74) is 4.36. The molecule has 0 radical (unpaired) electrons. The monoisotopic (exact) mass is 364 g/mol. The number of para-hydroxylation sites is 1. The Labute approximate surface area is 156 Å². The average Bonchev–Trinajstić information content (AvgIpc) is 2.94. The molecule has 3 rings (SSSR count). The van der Waals surface area contributed by atoms with Crippen molar-refractivity contribution in [3.63, 3.8) is 0 Å². The molecule has 7 heteroatoms. The van der Waals surface area contributed by atoms with Gasteiger partial charge in [-0.25, -0.2) is 4.68 Å². The molecule has 0 bridgehead atoms. The summed E-state index contributed by atoms with van der Waals surface area (Å²) in [6, 6.07) is 14.2. The summed E-state index contributed by atoms with van der Waals surface area (Å²) in [5, 5.41) is 18.5. The number of aryl methyl sites for hydroxylation is 2. The van der Waals surface area contributed by atoms with Gasteiger partial charge in [-0.05, 0) is 39.0 Å². The van der Waals surface area contributed by atoms with Gasteiger partial charge in [0, 0.05) is 35.0 Å². The molecule has 1 N–H and O–H groups in total. The van der Waals surface area contributed by atoms with Crippen LogP contribution in [-0.4, -0.2) is 20.6 Å². The van der Waals surface area contributed by atoms with Crippen LogP contribution >= 0.6 is 0 Å². The normalized spacial score (nSPS) is 10.6. The van der Waals surface area contributed by atoms with Crippen molar-refractivity contribution in [3.05, 3.63) is 86.7 Å². The molecule has 0 saturated heterocycles. The minimum Gasteiger partial charge on any atom is -0.348 e. The van der Waals surface area contributed by atoms with Crippen molar-refractivity contribution in [1.29, 1.82) is 0 Å². The molecule has 0 aliphatic heterocycles. The summed E-state index contributed by atoms with van der Waals surface area (Å²) >= 11 is 0. The Kier molecular flexibility index (Phi) is 5.03. The van der Waals surface area contributed by atoms with Gasteiger partial charge < -0.3 is 5.32 Å². The highest BCUT2D eigenvalue weighted by Crippen LogP contribution is 2.20. The average molecular weight is 364 g/mol. The number of rotatable bonds is 5. The Morgan fingerprint density at radius 3 is 2.52 bits per heavy atom. The van der Waals surface area contributed by atoms with Crippen LogP contribution in [0.25, 0.3) is 5.69 Å². The minimum absolute atomic E-state index is 0.0630. The van der Waals surface area contributed by atoms with Crippen molar-refractivity contribution in [2.45, 2.75) is 27.3 Å². The number of nitro benzene ring substituents is 1. The lowest BCUT2D eigenvalue weighted by atomic mass is 10.1. The highest BCUT2D eigenvalue weighted by molar-refractivity contribution is 5.95. The van der Waals surface area contributed by atoms with E-state index in [2.05, 4.69) is 10.4 Å². The Hall–Kier alpha value is -3.48. The molecule has 27 heavy (non-hydrogen) atoms. The van der Waals surface area contributed by atoms with Gasteiger partial charge in [0.15, 0.2) is 0 Å². The van der Waals surface area contributed by atoms with E-state index < -0.39 is 4.92 Å². The third-order valence-corrected chi connectivity index (χ3v) is 4.54. The van der Waals surface area contributed by atoms with Crippen LogP contribution in [0.5, 0.6) is 0 Å². The van der Waals surface area contributed by atoms with E-state index in [1.54, 1.807) is 19.1 Å². The zero-order chi connectivity index (χ0) is 19.6. The number of nitrogens with zero attached hydrogens (tertiary/aromatic N) is 3. The van der Waals surface area contributed by atoms with Gasteiger partial charge in [-0.15, -0.1) is 0 Å². The van der Waals surface area contributed by atoms with Crippen molar-refractivity contribution in [2.75, 3.05) is 0 Å². The van der Waals surface area contributed by atoms with Gasteiger partial charge in [0.1, 0.15) is 0 Å². The lowest BCUT2D eigenvalue weighted by Gasteiger charge is -2.08. The molecule has 1 heterocycles. The fourth-order valence-electron chi connectivity index (χ4n) is 2.97. The van der Waals surface area contributed by atoms with Crippen molar-refractivity contribution >= 4 is 11.6 Å². The number of nitro groups is 1. The first-order chi connectivity index (χ1) is 12.9. The molecule has 2 aromatic carbocycles. The van der Waals surface area contributed by atoms with Crippen LogP contribution in [0.3, 0.4) is 0 Å². The molecule has 3 aromatic rings. The van der Waals surface area contributed by atoms with E-state index in [0.29, 0.717) is 12.1 Å². The summed E-state index contributed by atoms with van der Waals surface area (Å²) in [7, 11) is 0. The number of nitrogens with one attached hydrogen (secondary N) is 1. The maximum atomic E-state index is 12.4. The van der Waals surface area contributed by atoms with Crippen LogP contribution in [0.1, 0.15) is 32.9 Å². The summed E-state index contributed by atoms with van der Waals surface area (Å²) in [4.78, 5) is 23.0. The number of hydrogen-bond acceptors (Lipinski definition) is 4. The van der Waals surface area contributed by atoms with Gasteiger partial charge in [0.25, 0.3) is 11.6 Å². The predicted octanol–water partition coefficient (Wildman–Crippen LogP) is 3.64. The smallest absolute Gasteiger partial charge is 0.273 e. The van der Waals surface area contributed by atoms with Gasteiger partial charge >= 0.3 is 0 Å². The van der Waals surface area contributed by atoms with E-state index >= 15 is 0 Å². The zero-order valence-electron chi connectivity index (χ0n) is 15.4. The van der Waals surface area contributed by atoms with Gasteiger partial charge in [-0.2, -0.15) is 5.10 Å². The van der Waals surface area contributed by atoms with Crippen molar-refractivity contribution < 1.29 is 9.72 Å². The SMILES string of the molecule is Cc1ccc(C(=O)NCc2c(C)nn(-c3ccccc3)c2C)cc1[N+](=O)[O-]. The third-order valence-electron chi connectivity index (χ3n) is 4.54. The quantitative estimate of drug-likeness (QED) is 0.553. The van der Waals surface area contributed by atoms with Gasteiger partial charge in [-0.3, -0.25) is 14.9 Å². The molecular weight excluding hydrogens is 344 g/mol. The van der Waals surface area contributed by atoms with Crippen molar-refractivity contribution in [1.82, 2.24) is 15.1 Å². The first kappa shape index (κ1) is 18.3. The van der Waals surface area contributed by atoms with E-state index in [1.165, 1.54) is 6.07 Å². The van der Waals surface area contributed by atoms with Crippen LogP contribution in [-0.2, 0) is 6.54 Å². The Bertz CT molecular complexity index is 1010. The molecule has 0 fully saturated rings. The maximum absolute atomic E-state index is 12.4. The topological polar surface area (TPSA) is 90.1 Å². The van der Waals surface area contributed by atoms with Crippen molar-refractivity contribution in [3.8, 4) is 5.69 Å². The Balaban J connectivity index is 1.79. The molecular formula is C20H20N4O3. The Morgan fingerprint density at radius 2 is 1.85 bits per heavy atom. The van der Waals surface area contributed by atoms with Gasteiger partial charge in [-0.1, -0.05) is 24.3 Å². The molecule has 138 valence electrons. The summed E-state index contributed by atoms with van der Waals surface area (Å²) < 4.78 is 1.84. The summed E-state index contributed by atoms with van der Waals surface area (Å²) in [5.74, 6) is -0.357. The second kappa shape index (κ2) is 7.41. The molecule has 0 saturated carbocycles. The molecule has 0 aliphatic rings.